The van der Waals surface area contributed by atoms with E-state index < -0.39 is 22.5 Å². The van der Waals surface area contributed by atoms with E-state index in [0.717, 1.165) is 0 Å². The Morgan fingerprint density at radius 1 is 1.08 bits per heavy atom. The quantitative estimate of drug-likeness (QED) is 0.790. The molecule has 0 fully saturated rings. The summed E-state index contributed by atoms with van der Waals surface area (Å²) >= 11 is 17.6. The Morgan fingerprint density at radius 2 is 1.79 bits per heavy atom. The monoisotopic (exact) mass is 406 g/mol. The van der Waals surface area contributed by atoms with Crippen LogP contribution in [0.3, 0.4) is 0 Å². The first-order valence-corrected chi connectivity index (χ1v) is 9.32. The Balaban J connectivity index is 2.08. The standard InChI is InChI=1S/C15H13Cl3N2O3S/c1-9-11(17)3-2-4-13(9)20-15(21)8-19-24(22,23)14-7-10(16)5-6-12(14)18/h2-7,19H,8H2,1H3,(H,20,21). The molecule has 0 radical (unpaired) electrons. The zero-order chi connectivity index (χ0) is 17.9. The van der Waals surface area contributed by atoms with Crippen LogP contribution in [-0.2, 0) is 14.8 Å². The van der Waals surface area contributed by atoms with Gasteiger partial charge in [-0.05, 0) is 42.8 Å². The summed E-state index contributed by atoms with van der Waals surface area (Å²) in [6.45, 7) is 1.28. The number of hydrogen-bond donors (Lipinski definition) is 2. The minimum absolute atomic E-state index is 0.0120. The van der Waals surface area contributed by atoms with Gasteiger partial charge in [-0.2, -0.15) is 0 Å². The van der Waals surface area contributed by atoms with Gasteiger partial charge in [0.2, 0.25) is 15.9 Å². The molecule has 0 aliphatic rings. The number of carbonyl (C=O) groups is 1. The number of anilines is 1. The Hall–Kier alpha value is -1.31. The molecule has 2 rings (SSSR count). The van der Waals surface area contributed by atoms with Crippen LogP contribution in [0.1, 0.15) is 5.56 Å². The minimum atomic E-state index is -3.97. The van der Waals surface area contributed by atoms with Crippen LogP contribution in [0.5, 0.6) is 0 Å². The number of rotatable bonds is 5. The van der Waals surface area contributed by atoms with Crippen molar-refractivity contribution in [3.8, 4) is 0 Å². The normalized spacial score (nSPS) is 11.3. The van der Waals surface area contributed by atoms with Gasteiger partial charge in [-0.1, -0.05) is 40.9 Å². The molecule has 0 aromatic heterocycles. The number of amides is 1. The number of halogens is 3. The van der Waals surface area contributed by atoms with Crippen LogP contribution in [0.2, 0.25) is 15.1 Å². The maximum absolute atomic E-state index is 12.2. The molecule has 0 saturated heterocycles. The summed E-state index contributed by atoms with van der Waals surface area (Å²) in [7, 11) is -3.97. The predicted molar refractivity (Wildman–Crippen MR) is 96.5 cm³/mol. The van der Waals surface area contributed by atoms with Gasteiger partial charge in [0, 0.05) is 15.7 Å². The summed E-state index contributed by atoms with van der Waals surface area (Å²) in [6.07, 6.45) is 0. The van der Waals surface area contributed by atoms with Crippen molar-refractivity contribution in [2.45, 2.75) is 11.8 Å². The van der Waals surface area contributed by atoms with Crippen LogP contribution in [-0.4, -0.2) is 20.9 Å². The van der Waals surface area contributed by atoms with E-state index in [9.17, 15) is 13.2 Å². The average molecular weight is 408 g/mol. The first-order chi connectivity index (χ1) is 11.2. The number of carbonyl (C=O) groups excluding carboxylic acids is 1. The maximum atomic E-state index is 12.2. The Kier molecular flexibility index (Phi) is 6.11. The van der Waals surface area contributed by atoms with Crippen LogP contribution >= 0.6 is 34.8 Å². The second-order valence-electron chi connectivity index (χ2n) is 4.86. The fraction of sp³-hybridized carbons (Fsp3) is 0.133. The summed E-state index contributed by atoms with van der Waals surface area (Å²) in [5, 5.41) is 3.32. The summed E-state index contributed by atoms with van der Waals surface area (Å²) in [4.78, 5) is 11.8. The number of sulfonamides is 1. The zero-order valence-electron chi connectivity index (χ0n) is 12.4. The molecule has 2 aromatic carbocycles. The lowest BCUT2D eigenvalue weighted by atomic mass is 10.2. The van der Waals surface area contributed by atoms with Crippen molar-refractivity contribution in [1.29, 1.82) is 0 Å². The highest BCUT2D eigenvalue weighted by molar-refractivity contribution is 7.89. The number of hydrogen-bond acceptors (Lipinski definition) is 3. The molecule has 2 N–H and O–H groups in total. The van der Waals surface area contributed by atoms with Crippen molar-refractivity contribution in [2.24, 2.45) is 0 Å². The highest BCUT2D eigenvalue weighted by Gasteiger charge is 2.19. The van der Waals surface area contributed by atoms with E-state index in [1.54, 1.807) is 25.1 Å². The van der Waals surface area contributed by atoms with Gasteiger partial charge in [0.1, 0.15) is 4.90 Å². The molecule has 128 valence electrons. The molecule has 24 heavy (non-hydrogen) atoms. The molecule has 5 nitrogen and oxygen atoms in total. The summed E-state index contributed by atoms with van der Waals surface area (Å²) < 4.78 is 26.6. The lowest BCUT2D eigenvalue weighted by Crippen LogP contribution is -2.33. The topological polar surface area (TPSA) is 75.3 Å². The average Bonchev–Trinajstić information content (AvgIpc) is 2.52. The highest BCUT2D eigenvalue weighted by atomic mass is 35.5. The predicted octanol–water partition coefficient (Wildman–Crippen LogP) is 3.87. The van der Waals surface area contributed by atoms with Gasteiger partial charge >= 0.3 is 0 Å². The maximum Gasteiger partial charge on any atom is 0.242 e. The second kappa shape index (κ2) is 7.72. The van der Waals surface area contributed by atoms with Gasteiger partial charge in [0.15, 0.2) is 0 Å². The Labute approximate surface area is 155 Å². The fourth-order valence-corrected chi connectivity index (χ4v) is 3.78. The van der Waals surface area contributed by atoms with Crippen molar-refractivity contribution in [1.82, 2.24) is 4.72 Å². The molecule has 9 heteroatoms. The summed E-state index contributed by atoms with van der Waals surface area (Å²) in [5.41, 5.74) is 1.20. The van der Waals surface area contributed by atoms with E-state index in [2.05, 4.69) is 10.0 Å². The summed E-state index contributed by atoms with van der Waals surface area (Å²) in [6, 6.07) is 9.09. The van der Waals surface area contributed by atoms with E-state index in [4.69, 9.17) is 34.8 Å². The molecule has 0 heterocycles. The van der Waals surface area contributed by atoms with Gasteiger partial charge in [-0.15, -0.1) is 0 Å². The van der Waals surface area contributed by atoms with Crippen molar-refractivity contribution < 1.29 is 13.2 Å². The Morgan fingerprint density at radius 3 is 2.50 bits per heavy atom. The fourth-order valence-electron chi connectivity index (χ4n) is 1.86. The van der Waals surface area contributed by atoms with Crippen LogP contribution in [0, 0.1) is 6.92 Å². The van der Waals surface area contributed by atoms with Gasteiger partial charge in [0.25, 0.3) is 0 Å². The second-order valence-corrected chi connectivity index (χ2v) is 7.85. The first-order valence-electron chi connectivity index (χ1n) is 6.70. The van der Waals surface area contributed by atoms with Gasteiger partial charge in [0.05, 0.1) is 11.6 Å². The third kappa shape index (κ3) is 4.62. The molecule has 0 spiro atoms. The molecule has 0 aliphatic heterocycles. The van der Waals surface area contributed by atoms with Crippen LogP contribution in [0.25, 0.3) is 0 Å². The number of benzene rings is 2. The largest absolute Gasteiger partial charge is 0.325 e. The lowest BCUT2D eigenvalue weighted by molar-refractivity contribution is -0.115. The molecule has 2 aromatic rings. The lowest BCUT2D eigenvalue weighted by Gasteiger charge is -2.11. The van der Waals surface area contributed by atoms with Gasteiger partial charge < -0.3 is 5.32 Å². The van der Waals surface area contributed by atoms with Crippen molar-refractivity contribution in [3.05, 3.63) is 57.0 Å². The van der Waals surface area contributed by atoms with Crippen LogP contribution < -0.4 is 10.0 Å². The molecular weight excluding hydrogens is 395 g/mol. The molecule has 0 atom stereocenters. The Bertz CT molecular complexity index is 886. The van der Waals surface area contributed by atoms with Gasteiger partial charge in [-0.3, -0.25) is 4.79 Å². The van der Waals surface area contributed by atoms with Crippen LogP contribution in [0.15, 0.2) is 41.3 Å². The van der Waals surface area contributed by atoms with E-state index >= 15 is 0 Å². The van der Waals surface area contributed by atoms with Crippen molar-refractivity contribution >= 4 is 56.4 Å². The van der Waals surface area contributed by atoms with Crippen LogP contribution in [0.4, 0.5) is 5.69 Å². The SMILES string of the molecule is Cc1c(Cl)cccc1NC(=O)CNS(=O)(=O)c1cc(Cl)ccc1Cl. The molecular formula is C15H13Cl3N2O3S. The third-order valence-electron chi connectivity index (χ3n) is 3.15. The zero-order valence-corrected chi connectivity index (χ0v) is 15.5. The van der Waals surface area contributed by atoms with E-state index in [1.807, 2.05) is 0 Å². The summed E-state index contributed by atoms with van der Waals surface area (Å²) in [5.74, 6) is -0.540. The third-order valence-corrected chi connectivity index (χ3v) is 5.67. The minimum Gasteiger partial charge on any atom is -0.325 e. The molecule has 1 amide bonds. The molecule has 0 unspecified atom stereocenters. The number of nitrogens with one attached hydrogen (secondary N) is 2. The van der Waals surface area contributed by atoms with Crippen molar-refractivity contribution in [3.63, 3.8) is 0 Å². The van der Waals surface area contributed by atoms with E-state index in [0.29, 0.717) is 16.3 Å². The van der Waals surface area contributed by atoms with E-state index in [-0.39, 0.29) is 14.9 Å². The smallest absolute Gasteiger partial charge is 0.242 e. The molecule has 0 bridgehead atoms. The highest BCUT2D eigenvalue weighted by Crippen LogP contribution is 2.25. The first kappa shape index (κ1) is 19.0. The van der Waals surface area contributed by atoms with Gasteiger partial charge in [-0.25, -0.2) is 13.1 Å². The van der Waals surface area contributed by atoms with E-state index in [1.165, 1.54) is 18.2 Å². The molecule has 0 saturated carbocycles. The molecule has 0 aliphatic carbocycles. The van der Waals surface area contributed by atoms with Crippen molar-refractivity contribution in [2.75, 3.05) is 11.9 Å².